The van der Waals surface area contributed by atoms with Gasteiger partial charge in [-0.2, -0.15) is 0 Å². The van der Waals surface area contributed by atoms with Gasteiger partial charge in [0.1, 0.15) is 0 Å². The molecule has 1 aliphatic carbocycles. The minimum absolute atomic E-state index is 0.396. The number of nitrogens with zero attached hydrogens (tertiary/aromatic N) is 1. The lowest BCUT2D eigenvalue weighted by molar-refractivity contribution is 0.443. The lowest BCUT2D eigenvalue weighted by atomic mass is 9.83. The number of pyridine rings is 1. The van der Waals surface area contributed by atoms with Gasteiger partial charge in [0, 0.05) is 13.1 Å². The van der Waals surface area contributed by atoms with Gasteiger partial charge in [0.25, 0.3) is 0 Å². The molecule has 1 heterocycles. The Labute approximate surface area is 137 Å². The van der Waals surface area contributed by atoms with Crippen LogP contribution in [0.15, 0.2) is 42.6 Å². The first-order chi connectivity index (χ1) is 10.9. The summed E-state index contributed by atoms with van der Waals surface area (Å²) in [5.41, 5.74) is 3.32. The van der Waals surface area contributed by atoms with Gasteiger partial charge in [0.05, 0.1) is 13.8 Å². The molecular weight excluding hydrogens is 282 g/mol. The first-order valence-electron chi connectivity index (χ1n) is 8.96. The minimum atomic E-state index is -1.30. The molecule has 0 saturated heterocycles. The highest BCUT2D eigenvalue weighted by Gasteiger charge is 2.18. The lowest BCUT2D eigenvalue weighted by Crippen LogP contribution is -2.37. The van der Waals surface area contributed by atoms with Crippen molar-refractivity contribution in [2.45, 2.75) is 57.6 Å². The van der Waals surface area contributed by atoms with E-state index in [1.807, 2.05) is 6.20 Å². The zero-order valence-corrected chi connectivity index (χ0v) is 15.0. The van der Waals surface area contributed by atoms with Gasteiger partial charge in [0.2, 0.25) is 0 Å². The topological polar surface area (TPSA) is 12.9 Å². The highest BCUT2D eigenvalue weighted by Crippen LogP contribution is 2.34. The zero-order valence-electron chi connectivity index (χ0n) is 15.0. The summed E-state index contributed by atoms with van der Waals surface area (Å²) in [7, 11) is -1.30. The zero-order chi connectivity index (χ0) is 16.5. The molecule has 116 valence electrons. The largest absolute Gasteiger partial charge is 0.256 e. The maximum Gasteiger partial charge on any atom is 0.0796 e. The van der Waals surface area contributed by atoms with Gasteiger partial charge in [0.15, 0.2) is 0 Å². The van der Waals surface area contributed by atoms with Crippen molar-refractivity contribution < 1.29 is 1.37 Å². The van der Waals surface area contributed by atoms with Crippen LogP contribution in [0.2, 0.25) is 19.6 Å². The van der Waals surface area contributed by atoms with E-state index >= 15 is 0 Å². The summed E-state index contributed by atoms with van der Waals surface area (Å²) in [5, 5.41) is 1.39. The molecule has 0 aliphatic heterocycles. The van der Waals surface area contributed by atoms with Crippen LogP contribution < -0.4 is 5.19 Å². The van der Waals surface area contributed by atoms with Crippen LogP contribution in [0, 0.1) is 0 Å². The van der Waals surface area contributed by atoms with Crippen LogP contribution >= 0.6 is 0 Å². The first-order valence-corrected chi connectivity index (χ1v) is 12.0. The van der Waals surface area contributed by atoms with E-state index in [-0.39, 0.29) is 0 Å². The van der Waals surface area contributed by atoms with Crippen LogP contribution in [0.25, 0.3) is 11.3 Å². The van der Waals surface area contributed by atoms with Crippen molar-refractivity contribution in [1.82, 2.24) is 4.98 Å². The molecule has 1 aliphatic rings. The molecule has 0 unspecified atom stereocenters. The third-order valence-electron chi connectivity index (χ3n) is 4.65. The second-order valence-electron chi connectivity index (χ2n) is 7.43. The molecule has 22 heavy (non-hydrogen) atoms. The van der Waals surface area contributed by atoms with Gasteiger partial charge in [-0.15, -0.1) is 0 Å². The number of aromatic nitrogens is 1. The fourth-order valence-corrected chi connectivity index (χ4v) is 4.21. The number of hydrogen-bond acceptors (Lipinski definition) is 1. The van der Waals surface area contributed by atoms with Crippen molar-refractivity contribution in [3.8, 4) is 11.3 Å². The third-order valence-corrected chi connectivity index (χ3v) is 6.68. The van der Waals surface area contributed by atoms with E-state index in [0.29, 0.717) is 0 Å². The Morgan fingerprint density at radius 3 is 2.45 bits per heavy atom. The van der Waals surface area contributed by atoms with Crippen molar-refractivity contribution in [2.75, 3.05) is 0 Å². The fraction of sp³-hybridized carbons (Fsp3) is 0.450. The predicted molar refractivity (Wildman–Crippen MR) is 98.5 cm³/mol. The predicted octanol–water partition coefficient (Wildman–Crippen LogP) is 5.34. The Morgan fingerprint density at radius 1 is 1.05 bits per heavy atom. The molecule has 0 bridgehead atoms. The minimum Gasteiger partial charge on any atom is -0.256 e. The molecule has 0 N–H and O–H groups in total. The molecule has 3 rings (SSSR count). The van der Waals surface area contributed by atoms with Gasteiger partial charge < -0.3 is 0 Å². The Bertz CT molecular complexity index is 667. The van der Waals surface area contributed by atoms with Crippen molar-refractivity contribution in [3.63, 3.8) is 0 Å². The van der Waals surface area contributed by atoms with E-state index in [0.717, 1.165) is 29.7 Å². The molecule has 0 radical (unpaired) electrons. The second kappa shape index (κ2) is 6.37. The molecule has 1 aromatic heterocycles. The SMILES string of the molecule is [2H]C1(c2cccc(-c3ccc([Si](C)(C)C)cn3)c2)CCCCC1. The van der Waals surface area contributed by atoms with Gasteiger partial charge in [-0.05, 0) is 41.6 Å². The molecule has 0 amide bonds. The normalized spacial score (nSPS) is 18.8. The lowest BCUT2D eigenvalue weighted by Gasteiger charge is -2.22. The fourth-order valence-electron chi connectivity index (χ4n) is 3.17. The van der Waals surface area contributed by atoms with Gasteiger partial charge in [-0.3, -0.25) is 4.98 Å². The van der Waals surface area contributed by atoms with Crippen molar-refractivity contribution in [1.29, 1.82) is 0 Å². The Kier molecular flexibility index (Phi) is 4.11. The molecular formula is C20H27NSi. The van der Waals surface area contributed by atoms with Crippen LogP contribution in [-0.4, -0.2) is 13.1 Å². The highest BCUT2D eigenvalue weighted by molar-refractivity contribution is 6.88. The number of rotatable bonds is 3. The van der Waals surface area contributed by atoms with E-state index in [1.165, 1.54) is 24.4 Å². The molecule has 2 aromatic rings. The van der Waals surface area contributed by atoms with Crippen molar-refractivity contribution in [3.05, 3.63) is 48.2 Å². The number of hydrogen-bond donors (Lipinski definition) is 0. The maximum absolute atomic E-state index is 8.82. The highest BCUT2D eigenvalue weighted by atomic mass is 28.3. The van der Waals surface area contributed by atoms with E-state index in [9.17, 15) is 0 Å². The van der Waals surface area contributed by atoms with Crippen molar-refractivity contribution in [2.24, 2.45) is 0 Å². The average molecular weight is 311 g/mol. The third kappa shape index (κ3) is 3.49. The van der Waals surface area contributed by atoms with Crippen LogP contribution in [0.3, 0.4) is 0 Å². The smallest absolute Gasteiger partial charge is 0.0796 e. The van der Waals surface area contributed by atoms with E-state index < -0.39 is 14.0 Å². The van der Waals surface area contributed by atoms with Gasteiger partial charge in [-0.25, -0.2) is 0 Å². The maximum atomic E-state index is 8.82. The molecule has 2 heteroatoms. The summed E-state index contributed by atoms with van der Waals surface area (Å²) >= 11 is 0. The first kappa shape index (κ1) is 14.2. The summed E-state index contributed by atoms with van der Waals surface area (Å²) in [6, 6.07) is 12.9. The summed E-state index contributed by atoms with van der Waals surface area (Å²) in [6.07, 6.45) is 7.65. The molecule has 1 fully saturated rings. The summed E-state index contributed by atoms with van der Waals surface area (Å²) in [4.78, 5) is 4.70. The van der Waals surface area contributed by atoms with Crippen LogP contribution in [0.5, 0.6) is 0 Å². The van der Waals surface area contributed by atoms with E-state index in [1.54, 1.807) is 0 Å². The summed E-state index contributed by atoms with van der Waals surface area (Å²) in [5.74, 6) is -0.396. The molecule has 0 atom stereocenters. The van der Waals surface area contributed by atoms with Crippen LogP contribution in [0.1, 0.15) is 44.9 Å². The number of benzene rings is 1. The monoisotopic (exact) mass is 310 g/mol. The molecule has 1 saturated carbocycles. The van der Waals surface area contributed by atoms with Gasteiger partial charge in [-0.1, -0.05) is 63.2 Å². The van der Waals surface area contributed by atoms with Crippen LogP contribution in [-0.2, 0) is 0 Å². The standard InChI is InChI=1S/C20H27NSi/c1-22(2,3)19-12-13-20(21-15-19)18-11-7-10-17(14-18)16-8-5-4-6-9-16/h7,10-16H,4-6,8-9H2,1-3H3/i16D. The molecule has 0 spiro atoms. The second-order valence-corrected chi connectivity index (χ2v) is 12.5. The Balaban J connectivity index is 1.90. The Morgan fingerprint density at radius 2 is 1.82 bits per heavy atom. The van der Waals surface area contributed by atoms with Crippen LogP contribution in [0.4, 0.5) is 0 Å². The Hall–Kier alpha value is -1.41. The van der Waals surface area contributed by atoms with Gasteiger partial charge >= 0.3 is 0 Å². The molecule has 1 nitrogen and oxygen atoms in total. The van der Waals surface area contributed by atoms with E-state index in [4.69, 9.17) is 6.35 Å². The van der Waals surface area contributed by atoms with E-state index in [2.05, 4.69) is 56.0 Å². The summed E-state index contributed by atoms with van der Waals surface area (Å²) in [6.45, 7) is 7.03. The quantitative estimate of drug-likeness (QED) is 0.697. The summed E-state index contributed by atoms with van der Waals surface area (Å²) < 4.78 is 8.82. The van der Waals surface area contributed by atoms with Crippen molar-refractivity contribution >= 4 is 13.3 Å². The molecule has 1 aromatic carbocycles. The average Bonchev–Trinajstić information content (AvgIpc) is 2.55.